The van der Waals surface area contributed by atoms with Gasteiger partial charge in [0.2, 0.25) is 0 Å². The Morgan fingerprint density at radius 3 is 2.25 bits per heavy atom. The molecule has 1 saturated carbocycles. The van der Waals surface area contributed by atoms with Crippen LogP contribution in [0.2, 0.25) is 0 Å². The minimum atomic E-state index is -0.947. The van der Waals surface area contributed by atoms with Crippen LogP contribution in [-0.4, -0.2) is 0 Å². The maximum absolute atomic E-state index is 14.8. The zero-order valence-electron chi connectivity index (χ0n) is 19.2. The first-order valence-corrected chi connectivity index (χ1v) is 12.5. The highest BCUT2D eigenvalue weighted by Gasteiger charge is 2.22. The van der Waals surface area contributed by atoms with Gasteiger partial charge < -0.3 is 0 Å². The van der Waals surface area contributed by atoms with Crippen LogP contribution in [0.15, 0.2) is 42.0 Å². The second-order valence-corrected chi connectivity index (χ2v) is 9.89. The van der Waals surface area contributed by atoms with Gasteiger partial charge in [0.25, 0.3) is 0 Å². The maximum Gasteiger partial charge on any atom is 0.159 e. The molecule has 0 aliphatic heterocycles. The molecule has 0 bridgehead atoms. The summed E-state index contributed by atoms with van der Waals surface area (Å²) < 4.78 is 41.7. The maximum atomic E-state index is 14.8. The highest BCUT2D eigenvalue weighted by atomic mass is 19.2. The van der Waals surface area contributed by atoms with Crippen LogP contribution in [-0.2, 0) is 12.8 Å². The number of allylic oxidation sites excluding steroid dienone is 2. The van der Waals surface area contributed by atoms with E-state index in [9.17, 15) is 13.2 Å². The topological polar surface area (TPSA) is 0 Å². The largest absolute Gasteiger partial charge is 0.206 e. The average molecular weight is 441 g/mol. The van der Waals surface area contributed by atoms with E-state index in [1.54, 1.807) is 6.07 Å². The van der Waals surface area contributed by atoms with Gasteiger partial charge in [0.15, 0.2) is 11.6 Å². The summed E-state index contributed by atoms with van der Waals surface area (Å²) in [6.45, 7) is 2.27. The fourth-order valence-corrected chi connectivity index (χ4v) is 5.54. The summed E-state index contributed by atoms with van der Waals surface area (Å²) in [5.41, 5.74) is 4.26. The summed E-state index contributed by atoms with van der Waals surface area (Å²) in [7, 11) is 0. The molecule has 1 fully saturated rings. The SMILES string of the molecule is CCCCCC1CCC(CCC2=CCc3cc(-c4ccc(F)c(F)c4)c(F)cc3C2)CC1. The average Bonchev–Trinajstić information content (AvgIpc) is 2.80. The fourth-order valence-electron chi connectivity index (χ4n) is 5.54. The number of hydrogen-bond donors (Lipinski definition) is 0. The van der Waals surface area contributed by atoms with Crippen molar-refractivity contribution >= 4 is 0 Å². The predicted octanol–water partition coefficient (Wildman–Crippen LogP) is 8.96. The van der Waals surface area contributed by atoms with E-state index in [-0.39, 0.29) is 5.82 Å². The fraction of sp³-hybridized carbons (Fsp3) is 0.517. The predicted molar refractivity (Wildman–Crippen MR) is 126 cm³/mol. The first-order valence-electron chi connectivity index (χ1n) is 12.5. The molecular formula is C29H35F3. The molecule has 0 nitrogen and oxygen atoms in total. The summed E-state index contributed by atoms with van der Waals surface area (Å²) in [5, 5.41) is 0. The Morgan fingerprint density at radius 1 is 0.781 bits per heavy atom. The summed E-state index contributed by atoms with van der Waals surface area (Å²) in [6.07, 6.45) is 17.3. The second-order valence-electron chi connectivity index (χ2n) is 9.89. The molecule has 0 N–H and O–H groups in total. The molecule has 2 aliphatic carbocycles. The Hall–Kier alpha value is -2.03. The van der Waals surface area contributed by atoms with Crippen molar-refractivity contribution in [3.05, 3.63) is 70.6 Å². The van der Waals surface area contributed by atoms with Crippen molar-refractivity contribution in [2.24, 2.45) is 11.8 Å². The van der Waals surface area contributed by atoms with Crippen molar-refractivity contribution in [1.29, 1.82) is 0 Å². The lowest BCUT2D eigenvalue weighted by Crippen LogP contribution is -2.15. The van der Waals surface area contributed by atoms with E-state index in [0.29, 0.717) is 11.1 Å². The Balaban J connectivity index is 1.31. The monoisotopic (exact) mass is 440 g/mol. The van der Waals surface area contributed by atoms with Gasteiger partial charge in [-0.1, -0.05) is 76.0 Å². The first-order chi connectivity index (χ1) is 15.5. The third kappa shape index (κ3) is 5.66. The number of fused-ring (bicyclic) bond motifs is 1. The minimum absolute atomic E-state index is 0.343. The third-order valence-corrected chi connectivity index (χ3v) is 7.60. The van der Waals surface area contributed by atoms with Gasteiger partial charge in [-0.15, -0.1) is 0 Å². The molecule has 0 amide bonds. The Morgan fingerprint density at radius 2 is 1.53 bits per heavy atom. The summed E-state index contributed by atoms with van der Waals surface area (Å²) in [5.74, 6) is -0.434. The van der Waals surface area contributed by atoms with E-state index in [2.05, 4.69) is 13.0 Å². The summed E-state index contributed by atoms with van der Waals surface area (Å²) in [6, 6.07) is 6.97. The normalized spacial score (nSPS) is 20.7. The van der Waals surface area contributed by atoms with Crippen LogP contribution in [0.1, 0.15) is 82.3 Å². The van der Waals surface area contributed by atoms with Crippen LogP contribution in [0.3, 0.4) is 0 Å². The van der Waals surface area contributed by atoms with E-state index < -0.39 is 11.6 Å². The van der Waals surface area contributed by atoms with Crippen LogP contribution >= 0.6 is 0 Å². The van der Waals surface area contributed by atoms with Crippen molar-refractivity contribution in [2.45, 2.75) is 84.0 Å². The van der Waals surface area contributed by atoms with E-state index in [1.807, 2.05) is 6.07 Å². The number of hydrogen-bond acceptors (Lipinski definition) is 0. The van der Waals surface area contributed by atoms with Crippen molar-refractivity contribution in [2.75, 3.05) is 0 Å². The molecule has 0 saturated heterocycles. The van der Waals surface area contributed by atoms with Crippen molar-refractivity contribution in [1.82, 2.24) is 0 Å². The lowest BCUT2D eigenvalue weighted by Gasteiger charge is -2.29. The van der Waals surface area contributed by atoms with Crippen molar-refractivity contribution in [3.63, 3.8) is 0 Å². The molecule has 2 aromatic rings. The van der Waals surface area contributed by atoms with Crippen LogP contribution in [0.25, 0.3) is 11.1 Å². The molecule has 0 heterocycles. The Kier molecular flexibility index (Phi) is 7.75. The van der Waals surface area contributed by atoms with Crippen molar-refractivity contribution in [3.8, 4) is 11.1 Å². The van der Waals surface area contributed by atoms with Gasteiger partial charge in [-0.2, -0.15) is 0 Å². The quantitative estimate of drug-likeness (QED) is 0.284. The number of halogens is 3. The third-order valence-electron chi connectivity index (χ3n) is 7.60. The number of unbranched alkanes of at least 4 members (excludes halogenated alkanes) is 2. The Labute approximate surface area is 190 Å². The van der Waals surface area contributed by atoms with Gasteiger partial charge in [-0.05, 0) is 78.5 Å². The van der Waals surface area contributed by atoms with Crippen molar-refractivity contribution < 1.29 is 13.2 Å². The minimum Gasteiger partial charge on any atom is -0.206 e. The zero-order valence-corrected chi connectivity index (χ0v) is 19.2. The standard InChI is InChI=1S/C29H35F3/c1-2-3-4-5-20-6-8-21(9-7-20)10-11-22-12-13-23-17-26(28(31)19-25(23)16-22)24-14-15-27(30)29(32)18-24/h12,14-15,17-21H,2-11,13,16H2,1H3. The highest BCUT2D eigenvalue weighted by molar-refractivity contribution is 5.66. The van der Waals surface area contributed by atoms with Crippen LogP contribution in [0, 0.1) is 29.3 Å². The van der Waals surface area contributed by atoms with Gasteiger partial charge in [0, 0.05) is 5.56 Å². The highest BCUT2D eigenvalue weighted by Crippen LogP contribution is 2.36. The molecule has 0 spiro atoms. The molecule has 2 aliphatic rings. The van der Waals surface area contributed by atoms with E-state index in [1.165, 1.54) is 69.4 Å². The molecule has 0 unspecified atom stereocenters. The molecule has 32 heavy (non-hydrogen) atoms. The lowest BCUT2D eigenvalue weighted by molar-refractivity contribution is 0.249. The molecule has 0 atom stereocenters. The molecule has 172 valence electrons. The molecule has 2 aromatic carbocycles. The molecular weight excluding hydrogens is 405 g/mol. The van der Waals surface area contributed by atoms with Crippen LogP contribution in [0.5, 0.6) is 0 Å². The van der Waals surface area contributed by atoms with Gasteiger partial charge in [0.1, 0.15) is 5.82 Å². The van der Waals surface area contributed by atoms with Gasteiger partial charge >= 0.3 is 0 Å². The van der Waals surface area contributed by atoms with E-state index in [4.69, 9.17) is 0 Å². The van der Waals surface area contributed by atoms with Gasteiger partial charge in [-0.3, -0.25) is 0 Å². The first kappa shape index (κ1) is 23.1. The second kappa shape index (κ2) is 10.7. The van der Waals surface area contributed by atoms with Crippen LogP contribution in [0.4, 0.5) is 13.2 Å². The van der Waals surface area contributed by atoms with E-state index >= 15 is 0 Å². The molecule has 3 heteroatoms. The summed E-state index contributed by atoms with van der Waals surface area (Å²) in [4.78, 5) is 0. The smallest absolute Gasteiger partial charge is 0.159 e. The number of rotatable bonds is 8. The molecule has 4 rings (SSSR count). The van der Waals surface area contributed by atoms with Gasteiger partial charge in [-0.25, -0.2) is 13.2 Å². The summed E-state index contributed by atoms with van der Waals surface area (Å²) >= 11 is 0. The molecule has 0 radical (unpaired) electrons. The molecule has 0 aromatic heterocycles. The van der Waals surface area contributed by atoms with Crippen LogP contribution < -0.4 is 0 Å². The zero-order chi connectivity index (χ0) is 22.5. The Bertz CT molecular complexity index is 951. The van der Waals surface area contributed by atoms with E-state index in [0.717, 1.165) is 54.4 Å². The van der Waals surface area contributed by atoms with Gasteiger partial charge in [0.05, 0.1) is 0 Å². The number of benzene rings is 2. The lowest BCUT2D eigenvalue weighted by atomic mass is 9.77.